The van der Waals surface area contributed by atoms with Crippen molar-refractivity contribution in [2.45, 2.75) is 0 Å². The molecule has 0 unspecified atom stereocenters. The highest BCUT2D eigenvalue weighted by atomic mass is 127. The number of hydrogen-bond donors (Lipinski definition) is 0. The zero-order chi connectivity index (χ0) is 7.84. The summed E-state index contributed by atoms with van der Waals surface area (Å²) in [5.74, 6) is 0. The maximum Gasteiger partial charge on any atom is 0.168 e. The van der Waals surface area contributed by atoms with Gasteiger partial charge in [-0.2, -0.15) is 0 Å². The average Bonchev–Trinajstić information content (AvgIpc) is 2.33. The van der Waals surface area contributed by atoms with E-state index in [1.54, 1.807) is 0 Å². The number of fused-ring (bicyclic) bond motifs is 1. The van der Waals surface area contributed by atoms with Crippen LogP contribution in [0, 0.1) is 7.27 Å². The van der Waals surface area contributed by atoms with Crippen LogP contribution in [-0.4, -0.2) is 5.16 Å². The van der Waals surface area contributed by atoms with Crippen LogP contribution in [0.5, 0.6) is 0 Å². The molecule has 1 aromatic heterocycles. The Morgan fingerprint density at radius 2 is 2.09 bits per heavy atom. The molecule has 56 valence electrons. The average molecular weight is 371 g/mol. The molecule has 0 atom stereocenters. The predicted octanol–water partition coefficient (Wildman–Crippen LogP) is 3.04. The third-order valence-corrected chi connectivity index (χ3v) is 2.84. The van der Waals surface area contributed by atoms with Crippen molar-refractivity contribution in [1.29, 1.82) is 0 Å². The van der Waals surface area contributed by atoms with Crippen LogP contribution < -0.4 is 0 Å². The van der Waals surface area contributed by atoms with Crippen LogP contribution in [-0.2, 0) is 0 Å². The first-order valence-electron chi connectivity index (χ1n) is 2.98. The smallest absolute Gasteiger partial charge is 0.168 e. The second kappa shape index (κ2) is 2.89. The summed E-state index contributed by atoms with van der Waals surface area (Å²) in [6.07, 6.45) is 0. The molecule has 4 heteroatoms. The fourth-order valence-electron chi connectivity index (χ4n) is 0.881. The van der Waals surface area contributed by atoms with Crippen LogP contribution in [0.2, 0.25) is 0 Å². The van der Waals surface area contributed by atoms with E-state index >= 15 is 0 Å². The Labute approximate surface area is 90.6 Å². The molecule has 0 saturated heterocycles. The van der Waals surface area contributed by atoms with Gasteiger partial charge in [-0.3, -0.25) is 0 Å². The number of rotatable bonds is 0. The first kappa shape index (κ1) is 7.78. The van der Waals surface area contributed by atoms with E-state index in [2.05, 4.69) is 56.4 Å². The first-order chi connectivity index (χ1) is 5.27. The molecule has 0 amide bonds. The minimum Gasteiger partial charge on any atom is -0.355 e. The van der Waals surface area contributed by atoms with Gasteiger partial charge in [0.1, 0.15) is 0 Å². The van der Waals surface area contributed by atoms with E-state index in [1.165, 1.54) is 3.57 Å². The molecule has 0 aliphatic rings. The maximum atomic E-state index is 5.04. The number of hydrogen-bond acceptors (Lipinski definition) is 2. The Balaban J connectivity index is 2.87. The third-order valence-electron chi connectivity index (χ3n) is 1.39. The van der Waals surface area contributed by atoms with Crippen molar-refractivity contribution < 1.29 is 4.52 Å². The quantitative estimate of drug-likeness (QED) is 0.666. The van der Waals surface area contributed by atoms with Gasteiger partial charge < -0.3 is 4.52 Å². The third kappa shape index (κ3) is 1.37. The van der Waals surface area contributed by atoms with Gasteiger partial charge in [-0.05, 0) is 63.4 Å². The molecule has 2 nitrogen and oxygen atoms in total. The number of nitrogens with zero attached hydrogens (tertiary/aromatic N) is 1. The van der Waals surface area contributed by atoms with Crippen molar-refractivity contribution in [2.24, 2.45) is 0 Å². The molecule has 0 saturated carbocycles. The van der Waals surface area contributed by atoms with E-state index in [1.807, 2.05) is 12.1 Å². The van der Waals surface area contributed by atoms with Crippen molar-refractivity contribution >= 4 is 56.2 Å². The molecule has 0 radical (unpaired) electrons. The molecule has 0 aliphatic heterocycles. The van der Waals surface area contributed by atoms with Gasteiger partial charge in [0.25, 0.3) is 0 Å². The van der Waals surface area contributed by atoms with Crippen LogP contribution >= 0.6 is 45.2 Å². The van der Waals surface area contributed by atoms with Gasteiger partial charge in [0.05, 0.1) is 5.39 Å². The molecule has 2 aromatic rings. The van der Waals surface area contributed by atoms with E-state index in [9.17, 15) is 0 Å². The maximum absolute atomic E-state index is 5.04. The lowest BCUT2D eigenvalue weighted by atomic mass is 10.3. The van der Waals surface area contributed by atoms with E-state index in [0.29, 0.717) is 0 Å². The zero-order valence-electron chi connectivity index (χ0n) is 5.34. The molecule has 2 rings (SSSR count). The number of aromatic nitrogens is 1. The second-order valence-electron chi connectivity index (χ2n) is 2.11. The zero-order valence-corrected chi connectivity index (χ0v) is 9.66. The van der Waals surface area contributed by atoms with Crippen LogP contribution in [0.15, 0.2) is 22.7 Å². The van der Waals surface area contributed by atoms with Crippen LogP contribution in [0.1, 0.15) is 0 Å². The molecule has 0 N–H and O–H groups in total. The van der Waals surface area contributed by atoms with Gasteiger partial charge in [-0.25, -0.2) is 0 Å². The Hall–Kier alpha value is 0.150. The van der Waals surface area contributed by atoms with E-state index in [4.69, 9.17) is 4.52 Å². The van der Waals surface area contributed by atoms with Gasteiger partial charge in [-0.15, -0.1) is 0 Å². The fraction of sp³-hybridized carbons (Fsp3) is 0. The Morgan fingerprint density at radius 1 is 1.27 bits per heavy atom. The lowest BCUT2D eigenvalue weighted by Gasteiger charge is -1.87. The number of halogens is 2. The van der Waals surface area contributed by atoms with Crippen LogP contribution in [0.3, 0.4) is 0 Å². The Bertz CT molecular complexity index is 396. The fourth-order valence-corrected chi connectivity index (χ4v) is 1.89. The molecule has 1 heterocycles. The molecule has 1 aromatic carbocycles. The predicted molar refractivity (Wildman–Crippen MR) is 59.4 cm³/mol. The molecule has 11 heavy (non-hydrogen) atoms. The van der Waals surface area contributed by atoms with Crippen molar-refractivity contribution in [3.63, 3.8) is 0 Å². The Morgan fingerprint density at radius 3 is 2.91 bits per heavy atom. The van der Waals surface area contributed by atoms with Gasteiger partial charge in [-0.1, -0.05) is 5.16 Å². The standard InChI is InChI=1S/C7H3I2NO/c8-4-1-2-6-5(3-4)7(9)10-11-6/h1-3H. The van der Waals surface area contributed by atoms with Crippen molar-refractivity contribution in [2.75, 3.05) is 0 Å². The van der Waals surface area contributed by atoms with Crippen LogP contribution in [0.25, 0.3) is 11.0 Å². The molecule has 0 bridgehead atoms. The summed E-state index contributed by atoms with van der Waals surface area (Å²) in [5.41, 5.74) is 0.856. The van der Waals surface area contributed by atoms with E-state index in [0.717, 1.165) is 14.7 Å². The monoisotopic (exact) mass is 371 g/mol. The number of benzene rings is 1. The molecule has 0 fully saturated rings. The minimum absolute atomic E-state index is 0.856. The topological polar surface area (TPSA) is 26.0 Å². The summed E-state index contributed by atoms with van der Waals surface area (Å²) < 4.78 is 7.17. The summed E-state index contributed by atoms with van der Waals surface area (Å²) in [6, 6.07) is 6.00. The highest BCUT2D eigenvalue weighted by Crippen LogP contribution is 2.21. The highest BCUT2D eigenvalue weighted by molar-refractivity contribution is 14.1. The molecular weight excluding hydrogens is 368 g/mol. The second-order valence-corrected chi connectivity index (χ2v) is 4.38. The van der Waals surface area contributed by atoms with Gasteiger partial charge >= 0.3 is 0 Å². The summed E-state index contributed by atoms with van der Waals surface area (Å²) in [5, 5.41) is 4.94. The molecular formula is C7H3I2NO. The summed E-state index contributed by atoms with van der Waals surface area (Å²) in [4.78, 5) is 0. The van der Waals surface area contributed by atoms with E-state index < -0.39 is 0 Å². The normalized spacial score (nSPS) is 10.7. The SMILES string of the molecule is Ic1ccc2onc(I)c2c1. The summed E-state index contributed by atoms with van der Waals surface area (Å²) in [6.45, 7) is 0. The van der Waals surface area contributed by atoms with Crippen molar-refractivity contribution in [3.8, 4) is 0 Å². The van der Waals surface area contributed by atoms with Gasteiger partial charge in [0, 0.05) is 3.57 Å². The van der Waals surface area contributed by atoms with Crippen molar-refractivity contribution in [3.05, 3.63) is 25.5 Å². The lowest BCUT2D eigenvalue weighted by Crippen LogP contribution is -1.71. The molecule has 0 aliphatic carbocycles. The summed E-state index contributed by atoms with van der Waals surface area (Å²) in [7, 11) is 0. The molecule has 0 spiro atoms. The minimum atomic E-state index is 0.856. The largest absolute Gasteiger partial charge is 0.355 e. The van der Waals surface area contributed by atoms with Crippen molar-refractivity contribution in [1.82, 2.24) is 5.16 Å². The highest BCUT2D eigenvalue weighted by Gasteiger charge is 2.03. The van der Waals surface area contributed by atoms with Crippen LogP contribution in [0.4, 0.5) is 0 Å². The van der Waals surface area contributed by atoms with Gasteiger partial charge in [0.2, 0.25) is 0 Å². The van der Waals surface area contributed by atoms with Gasteiger partial charge in [0.15, 0.2) is 9.28 Å². The van der Waals surface area contributed by atoms with E-state index in [-0.39, 0.29) is 0 Å². The summed E-state index contributed by atoms with van der Waals surface area (Å²) >= 11 is 4.43. The lowest BCUT2D eigenvalue weighted by molar-refractivity contribution is 0.451. The first-order valence-corrected chi connectivity index (χ1v) is 5.13. The Kier molecular flexibility index (Phi) is 2.04.